The third-order valence-electron chi connectivity index (χ3n) is 8.59. The van der Waals surface area contributed by atoms with Crippen molar-refractivity contribution in [3.05, 3.63) is 199 Å². The van der Waals surface area contributed by atoms with Crippen LogP contribution in [0.15, 0.2) is 192 Å². The summed E-state index contributed by atoms with van der Waals surface area (Å²) >= 11 is 0. The first-order valence-corrected chi connectivity index (χ1v) is 17.1. The first kappa shape index (κ1) is 28.6. The number of aliphatic imine (C=N–C) groups is 1. The molecule has 6 aromatic carbocycles. The maximum absolute atomic E-state index is 16.8. The van der Waals surface area contributed by atoms with Gasteiger partial charge in [0, 0.05) is 0 Å². The van der Waals surface area contributed by atoms with E-state index in [0.29, 0.717) is 5.84 Å². The maximum atomic E-state index is 16.8. The van der Waals surface area contributed by atoms with Gasteiger partial charge in [-0.05, 0) is 0 Å². The Hall–Kier alpha value is -5.18. The van der Waals surface area contributed by atoms with E-state index in [-0.39, 0.29) is 6.54 Å². The molecule has 0 N–H and O–H groups in total. The van der Waals surface area contributed by atoms with Gasteiger partial charge in [-0.2, -0.15) is 0 Å². The number of hydrogen-bond acceptors (Lipinski definition) is 2. The average Bonchev–Trinajstić information content (AvgIpc) is 3.49. The molecule has 0 spiro atoms. The SMILES string of the molecule is FC1=NC(=N[PH](c2ccccc2)(c2ccccc2)c2ccccc2)CN1C(c1ccccc1)(c1ccccc1)c1ccccc1. The van der Waals surface area contributed by atoms with Crippen molar-refractivity contribution >= 4 is 35.3 Å². The van der Waals surface area contributed by atoms with E-state index in [1.807, 2.05) is 72.8 Å². The number of rotatable bonds is 8. The van der Waals surface area contributed by atoms with Crippen LogP contribution in [0.2, 0.25) is 0 Å². The quantitative estimate of drug-likeness (QED) is 0.0995. The Balaban J connectivity index is 1.47. The summed E-state index contributed by atoms with van der Waals surface area (Å²) in [5.74, 6) is 0.475. The van der Waals surface area contributed by atoms with E-state index in [1.54, 1.807) is 4.90 Å². The molecule has 220 valence electrons. The summed E-state index contributed by atoms with van der Waals surface area (Å²) in [5, 5.41) is 3.35. The molecular formula is C40H33FN3P. The van der Waals surface area contributed by atoms with Crippen molar-refractivity contribution < 1.29 is 4.39 Å². The van der Waals surface area contributed by atoms with Crippen molar-refractivity contribution in [3.8, 4) is 0 Å². The fraction of sp³-hybridized carbons (Fsp3) is 0.0500. The fourth-order valence-electron chi connectivity index (χ4n) is 6.66. The van der Waals surface area contributed by atoms with Crippen molar-refractivity contribution in [2.75, 3.05) is 6.54 Å². The Bertz CT molecular complexity index is 1720. The zero-order chi connectivity index (χ0) is 30.5. The number of hydrogen-bond donors (Lipinski definition) is 0. The molecule has 3 nitrogen and oxygen atoms in total. The topological polar surface area (TPSA) is 28.0 Å². The summed E-state index contributed by atoms with van der Waals surface area (Å²) in [6, 6.07) is 61.7. The summed E-state index contributed by atoms with van der Waals surface area (Å²) < 4.78 is 22.4. The average molecular weight is 606 g/mol. The second-order valence-electron chi connectivity index (χ2n) is 11.1. The predicted molar refractivity (Wildman–Crippen MR) is 188 cm³/mol. The second-order valence-corrected chi connectivity index (χ2v) is 14.5. The first-order valence-electron chi connectivity index (χ1n) is 15.2. The Morgan fingerprint density at radius 1 is 0.489 bits per heavy atom. The van der Waals surface area contributed by atoms with Gasteiger partial charge in [0.05, 0.1) is 0 Å². The van der Waals surface area contributed by atoms with Gasteiger partial charge in [0.15, 0.2) is 0 Å². The monoisotopic (exact) mass is 605 g/mol. The fourth-order valence-corrected chi connectivity index (χ4v) is 10.6. The van der Waals surface area contributed by atoms with E-state index in [1.165, 1.54) is 0 Å². The van der Waals surface area contributed by atoms with E-state index >= 15 is 4.39 Å². The van der Waals surface area contributed by atoms with E-state index < -0.39 is 19.0 Å². The minimum atomic E-state index is -3.06. The van der Waals surface area contributed by atoms with Crippen molar-refractivity contribution in [1.82, 2.24) is 4.90 Å². The summed E-state index contributed by atoms with van der Waals surface area (Å²) in [5.41, 5.74) is 1.87. The van der Waals surface area contributed by atoms with Gasteiger partial charge in [-0.1, -0.05) is 0 Å². The molecule has 0 atom stereocenters. The Morgan fingerprint density at radius 2 is 0.800 bits per heavy atom. The normalized spacial score (nSPS) is 14.7. The number of halogens is 1. The van der Waals surface area contributed by atoms with Crippen molar-refractivity contribution in [2.24, 2.45) is 9.76 Å². The third kappa shape index (κ3) is 5.08. The molecule has 0 aliphatic carbocycles. The number of nitrogens with zero attached hydrogens (tertiary/aromatic N) is 3. The molecule has 0 saturated carbocycles. The molecule has 7 rings (SSSR count). The summed E-state index contributed by atoms with van der Waals surface area (Å²) in [4.78, 5) is 6.42. The van der Waals surface area contributed by atoms with Crippen molar-refractivity contribution in [2.45, 2.75) is 5.54 Å². The standard InChI is InChI=1S/C40H33FN3P/c41-39-42-38(43-45(35-25-13-4-14-26-35,36-27-15-5-16-28-36)37-29-17-6-18-30-37)31-44(39)40(32-19-7-1-8-20-32,33-21-9-2-10-22-33)34-23-11-3-12-24-34/h1-30,45H,31H2. The molecule has 1 heterocycles. The molecule has 0 amide bonds. The summed E-state index contributed by atoms with van der Waals surface area (Å²) in [6.07, 6.45) is -0.553. The third-order valence-corrected chi connectivity index (χ3v) is 12.7. The number of benzene rings is 6. The zero-order valence-electron chi connectivity index (χ0n) is 24.7. The molecule has 0 radical (unpaired) electrons. The molecule has 6 aromatic rings. The minimum absolute atomic E-state index is 0.200. The van der Waals surface area contributed by atoms with Gasteiger partial charge in [-0.25, -0.2) is 0 Å². The van der Waals surface area contributed by atoms with E-state index in [4.69, 9.17) is 4.76 Å². The van der Waals surface area contributed by atoms with Crippen LogP contribution in [0.25, 0.3) is 0 Å². The molecular weight excluding hydrogens is 572 g/mol. The van der Waals surface area contributed by atoms with Crippen LogP contribution in [0.4, 0.5) is 4.39 Å². The van der Waals surface area contributed by atoms with E-state index in [9.17, 15) is 0 Å². The molecule has 0 saturated heterocycles. The molecule has 5 heteroatoms. The zero-order valence-corrected chi connectivity index (χ0v) is 25.7. The molecule has 0 aromatic heterocycles. The summed E-state index contributed by atoms with van der Waals surface area (Å²) in [6.45, 7) is 0.200. The van der Waals surface area contributed by atoms with Crippen LogP contribution < -0.4 is 15.9 Å². The molecule has 1 aliphatic heterocycles. The molecule has 0 bridgehead atoms. The van der Waals surface area contributed by atoms with Gasteiger partial charge in [-0.15, -0.1) is 0 Å². The van der Waals surface area contributed by atoms with E-state index in [2.05, 4.69) is 114 Å². The second kappa shape index (κ2) is 12.4. The van der Waals surface area contributed by atoms with Gasteiger partial charge in [0.1, 0.15) is 0 Å². The summed E-state index contributed by atoms with van der Waals surface area (Å²) in [7, 11) is -3.06. The van der Waals surface area contributed by atoms with Gasteiger partial charge < -0.3 is 0 Å². The van der Waals surface area contributed by atoms with Crippen LogP contribution >= 0.6 is 7.41 Å². The van der Waals surface area contributed by atoms with Crippen LogP contribution in [0.5, 0.6) is 0 Å². The van der Waals surface area contributed by atoms with Crippen LogP contribution in [-0.4, -0.2) is 23.4 Å². The Morgan fingerprint density at radius 3 is 1.13 bits per heavy atom. The number of amidine groups is 2. The van der Waals surface area contributed by atoms with Gasteiger partial charge in [0.25, 0.3) is 0 Å². The van der Waals surface area contributed by atoms with Gasteiger partial charge in [0.2, 0.25) is 0 Å². The molecule has 0 unspecified atom stereocenters. The van der Waals surface area contributed by atoms with Crippen molar-refractivity contribution in [3.63, 3.8) is 0 Å². The Labute approximate surface area is 264 Å². The van der Waals surface area contributed by atoms with E-state index in [0.717, 1.165) is 32.6 Å². The molecule has 45 heavy (non-hydrogen) atoms. The van der Waals surface area contributed by atoms with Crippen molar-refractivity contribution in [1.29, 1.82) is 0 Å². The Kier molecular flexibility index (Phi) is 7.90. The first-order chi connectivity index (χ1) is 22.2. The molecule has 1 aliphatic rings. The molecule has 0 fully saturated rings. The van der Waals surface area contributed by atoms with Crippen LogP contribution in [-0.2, 0) is 5.54 Å². The van der Waals surface area contributed by atoms with Gasteiger partial charge >= 0.3 is 265 Å². The van der Waals surface area contributed by atoms with Crippen LogP contribution in [0.1, 0.15) is 16.7 Å². The van der Waals surface area contributed by atoms with Crippen LogP contribution in [0.3, 0.4) is 0 Å². The predicted octanol–water partition coefficient (Wildman–Crippen LogP) is 7.66. The van der Waals surface area contributed by atoms with Gasteiger partial charge in [-0.3, -0.25) is 0 Å². The van der Waals surface area contributed by atoms with Crippen LogP contribution in [0, 0.1) is 0 Å².